The van der Waals surface area contributed by atoms with Crippen molar-refractivity contribution >= 4 is 17.2 Å². The Morgan fingerprint density at radius 3 is 2.79 bits per heavy atom. The van der Waals surface area contributed by atoms with Crippen molar-refractivity contribution in [3.05, 3.63) is 52.1 Å². The third-order valence-corrected chi connectivity index (χ3v) is 4.47. The summed E-state index contributed by atoms with van der Waals surface area (Å²) in [5, 5.41) is 16.5. The van der Waals surface area contributed by atoms with Crippen LogP contribution in [0.3, 0.4) is 0 Å². The molecule has 0 aliphatic heterocycles. The average molecular weight is 340 g/mol. The first-order valence-electron chi connectivity index (χ1n) is 7.97. The van der Waals surface area contributed by atoms with Gasteiger partial charge in [-0.25, -0.2) is 15.0 Å². The summed E-state index contributed by atoms with van der Waals surface area (Å²) < 4.78 is 0. The number of phenols is 1. The van der Waals surface area contributed by atoms with E-state index in [2.05, 4.69) is 32.6 Å². The van der Waals surface area contributed by atoms with Crippen LogP contribution >= 0.6 is 11.3 Å². The molecule has 2 N–H and O–H groups in total. The normalized spacial score (nSPS) is 10.8. The summed E-state index contributed by atoms with van der Waals surface area (Å²) in [5.74, 6) is 1.42. The lowest BCUT2D eigenvalue weighted by molar-refractivity contribution is 0.477. The van der Waals surface area contributed by atoms with Gasteiger partial charge in [0.05, 0.1) is 22.8 Å². The number of aromatic nitrogens is 3. The maximum Gasteiger partial charge on any atom is 0.165 e. The minimum atomic E-state index is 0.178. The van der Waals surface area contributed by atoms with Crippen LogP contribution in [0.25, 0.3) is 11.4 Å². The fourth-order valence-electron chi connectivity index (χ4n) is 2.38. The van der Waals surface area contributed by atoms with Crippen molar-refractivity contribution in [2.45, 2.75) is 33.2 Å². The molecule has 0 saturated heterocycles. The molecule has 0 bridgehead atoms. The number of nitrogens with zero attached hydrogens (tertiary/aromatic N) is 3. The number of aromatic hydroxyl groups is 1. The molecule has 3 aromatic rings. The Morgan fingerprint density at radius 1 is 1.17 bits per heavy atom. The van der Waals surface area contributed by atoms with E-state index in [1.54, 1.807) is 23.5 Å². The highest BCUT2D eigenvalue weighted by Gasteiger charge is 2.09. The van der Waals surface area contributed by atoms with Crippen LogP contribution in [0.2, 0.25) is 0 Å². The van der Waals surface area contributed by atoms with Crippen LogP contribution in [0, 0.1) is 6.92 Å². The highest BCUT2D eigenvalue weighted by atomic mass is 32.1. The summed E-state index contributed by atoms with van der Waals surface area (Å²) in [6.07, 6.45) is 2.13. The molecule has 0 fully saturated rings. The topological polar surface area (TPSA) is 70.9 Å². The first kappa shape index (κ1) is 16.4. The molecule has 2 aromatic heterocycles. The zero-order valence-electron chi connectivity index (χ0n) is 13.8. The predicted octanol–water partition coefficient (Wildman–Crippen LogP) is 4.18. The summed E-state index contributed by atoms with van der Waals surface area (Å²) in [4.78, 5) is 13.5. The van der Waals surface area contributed by atoms with E-state index in [1.807, 2.05) is 25.1 Å². The Bertz CT molecular complexity index is 831. The number of thiazole rings is 1. The van der Waals surface area contributed by atoms with Gasteiger partial charge in [0.15, 0.2) is 5.82 Å². The molecule has 2 heterocycles. The van der Waals surface area contributed by atoms with Crippen molar-refractivity contribution in [3.63, 3.8) is 0 Å². The number of rotatable bonds is 6. The van der Waals surface area contributed by atoms with Crippen LogP contribution in [0.15, 0.2) is 35.7 Å². The molecule has 6 heteroatoms. The molecule has 0 spiro atoms. The number of nitrogens with one attached hydrogen (secondary N) is 1. The van der Waals surface area contributed by atoms with Crippen LogP contribution < -0.4 is 5.32 Å². The highest BCUT2D eigenvalue weighted by molar-refractivity contribution is 7.09. The minimum absolute atomic E-state index is 0.178. The van der Waals surface area contributed by atoms with E-state index in [-0.39, 0.29) is 5.75 Å². The van der Waals surface area contributed by atoms with Gasteiger partial charge < -0.3 is 10.4 Å². The molecule has 124 valence electrons. The molecule has 5 nitrogen and oxygen atoms in total. The van der Waals surface area contributed by atoms with Gasteiger partial charge >= 0.3 is 0 Å². The van der Waals surface area contributed by atoms with E-state index in [0.717, 1.165) is 30.0 Å². The number of hydrogen-bond acceptors (Lipinski definition) is 6. The molecule has 0 aliphatic carbocycles. The lowest BCUT2D eigenvalue weighted by Gasteiger charge is -2.08. The Labute approximate surface area is 145 Å². The number of phenolic OH excluding ortho intramolecular Hbond substituents is 1. The van der Waals surface area contributed by atoms with Crippen LogP contribution in [-0.2, 0) is 13.0 Å². The van der Waals surface area contributed by atoms with Crippen molar-refractivity contribution in [1.29, 1.82) is 0 Å². The van der Waals surface area contributed by atoms with E-state index in [0.29, 0.717) is 17.9 Å². The second-order valence-corrected chi connectivity index (χ2v) is 6.51. The smallest absolute Gasteiger partial charge is 0.165 e. The van der Waals surface area contributed by atoms with Gasteiger partial charge in [-0.15, -0.1) is 11.3 Å². The Hall–Kier alpha value is -2.47. The van der Waals surface area contributed by atoms with Crippen LogP contribution in [0.5, 0.6) is 5.75 Å². The van der Waals surface area contributed by atoms with Gasteiger partial charge in [-0.05, 0) is 31.9 Å². The molecule has 3 rings (SSSR count). The fourth-order valence-corrected chi connectivity index (χ4v) is 3.28. The van der Waals surface area contributed by atoms with Crippen LogP contribution in [0.1, 0.15) is 29.7 Å². The van der Waals surface area contributed by atoms with Gasteiger partial charge in [-0.3, -0.25) is 0 Å². The number of anilines is 1. The van der Waals surface area contributed by atoms with Gasteiger partial charge in [0.1, 0.15) is 11.6 Å². The van der Waals surface area contributed by atoms with Crippen LogP contribution in [0.4, 0.5) is 5.82 Å². The summed E-state index contributed by atoms with van der Waals surface area (Å²) in [5.41, 5.74) is 2.49. The van der Waals surface area contributed by atoms with Gasteiger partial charge in [0.25, 0.3) is 0 Å². The third-order valence-electron chi connectivity index (χ3n) is 3.51. The number of aryl methyl sites for hydroxylation is 2. The quantitative estimate of drug-likeness (QED) is 0.704. The fraction of sp³-hybridized carbons (Fsp3) is 0.278. The standard InChI is InChI=1S/C18H20N4OS/c1-3-6-17-21-13(11-24-17)10-19-16-9-12(2)20-18(22-16)14-7-4-5-8-15(14)23/h4-5,7-9,11,23H,3,6,10H2,1-2H3,(H,19,20,22). The van der Waals surface area contributed by atoms with Gasteiger partial charge in [0, 0.05) is 17.1 Å². The van der Waals surface area contributed by atoms with Crippen LogP contribution in [-0.4, -0.2) is 20.1 Å². The Morgan fingerprint density at radius 2 is 2.00 bits per heavy atom. The molecule has 24 heavy (non-hydrogen) atoms. The van der Waals surface area contributed by atoms with E-state index in [1.165, 1.54) is 5.01 Å². The maximum absolute atomic E-state index is 10.00. The van der Waals surface area contributed by atoms with E-state index < -0.39 is 0 Å². The predicted molar refractivity (Wildman–Crippen MR) is 97.3 cm³/mol. The minimum Gasteiger partial charge on any atom is -0.507 e. The van der Waals surface area contributed by atoms with Gasteiger partial charge in [0.2, 0.25) is 0 Å². The summed E-state index contributed by atoms with van der Waals surface area (Å²) >= 11 is 1.70. The second kappa shape index (κ2) is 7.40. The zero-order valence-corrected chi connectivity index (χ0v) is 14.6. The first-order valence-corrected chi connectivity index (χ1v) is 8.85. The van der Waals surface area contributed by atoms with E-state index >= 15 is 0 Å². The molecule has 0 aliphatic rings. The highest BCUT2D eigenvalue weighted by Crippen LogP contribution is 2.26. The second-order valence-electron chi connectivity index (χ2n) is 5.57. The number of benzene rings is 1. The number of hydrogen-bond donors (Lipinski definition) is 2. The summed E-state index contributed by atoms with van der Waals surface area (Å²) in [6.45, 7) is 4.69. The lowest BCUT2D eigenvalue weighted by Crippen LogP contribution is -2.04. The average Bonchev–Trinajstić information content (AvgIpc) is 3.01. The van der Waals surface area contributed by atoms with Gasteiger partial charge in [-0.1, -0.05) is 19.1 Å². The monoisotopic (exact) mass is 340 g/mol. The summed E-state index contributed by atoms with van der Waals surface area (Å²) in [6, 6.07) is 8.98. The van der Waals surface area contributed by atoms with E-state index in [4.69, 9.17) is 0 Å². The molecule has 0 amide bonds. The Balaban J connectivity index is 1.77. The first-order chi connectivity index (χ1) is 11.7. The molecule has 0 unspecified atom stereocenters. The van der Waals surface area contributed by atoms with Crippen molar-refractivity contribution < 1.29 is 5.11 Å². The molecule has 0 saturated carbocycles. The number of para-hydroxylation sites is 1. The van der Waals surface area contributed by atoms with Crippen molar-refractivity contribution in [2.24, 2.45) is 0 Å². The van der Waals surface area contributed by atoms with Gasteiger partial charge in [-0.2, -0.15) is 0 Å². The lowest BCUT2D eigenvalue weighted by atomic mass is 10.2. The third kappa shape index (κ3) is 3.89. The van der Waals surface area contributed by atoms with Crippen molar-refractivity contribution in [3.8, 4) is 17.1 Å². The molecule has 0 radical (unpaired) electrons. The molecule has 0 atom stereocenters. The Kier molecular flexibility index (Phi) is 5.05. The molecular formula is C18H20N4OS. The summed E-state index contributed by atoms with van der Waals surface area (Å²) in [7, 11) is 0. The van der Waals surface area contributed by atoms with Crippen molar-refractivity contribution in [1.82, 2.24) is 15.0 Å². The SMILES string of the molecule is CCCc1nc(CNc2cc(C)nc(-c3ccccc3O)n2)cs1. The van der Waals surface area contributed by atoms with E-state index in [9.17, 15) is 5.11 Å². The molecule has 1 aromatic carbocycles. The molecular weight excluding hydrogens is 320 g/mol. The largest absolute Gasteiger partial charge is 0.507 e. The maximum atomic E-state index is 10.00. The van der Waals surface area contributed by atoms with Crippen molar-refractivity contribution in [2.75, 3.05) is 5.32 Å². The zero-order chi connectivity index (χ0) is 16.9.